The Balaban J connectivity index is 3.28. The van der Waals surface area contributed by atoms with E-state index in [9.17, 15) is 0 Å². The average Bonchev–Trinajstić information content (AvgIpc) is 2.04. The zero-order valence-electron chi connectivity index (χ0n) is 6.79. The molecule has 0 heterocycles. The van der Waals surface area contributed by atoms with E-state index in [0.717, 1.165) is 0 Å². The number of hydrogen-bond donors (Lipinski definition) is 3. The van der Waals surface area contributed by atoms with Crippen molar-refractivity contribution in [2.75, 3.05) is 0 Å². The van der Waals surface area contributed by atoms with Gasteiger partial charge in [-0.2, -0.15) is 0 Å². The average molecular weight is 215 g/mol. The summed E-state index contributed by atoms with van der Waals surface area (Å²) in [5.74, 6) is 0. The molecule has 1 aromatic carbocycles. The molecule has 1 rings (SSSR count). The van der Waals surface area contributed by atoms with Crippen LogP contribution in [0.3, 0.4) is 0 Å². The van der Waals surface area contributed by atoms with Crippen LogP contribution < -0.4 is 16.3 Å². The lowest BCUT2D eigenvalue weighted by Gasteiger charge is -2.12. The first-order chi connectivity index (χ1) is 6.05. The fourth-order valence-corrected chi connectivity index (χ4v) is 2.33. The molecule has 13 heavy (non-hydrogen) atoms. The molecule has 0 amide bonds. The van der Waals surface area contributed by atoms with Gasteiger partial charge < -0.3 is 5.21 Å². The normalized spacial score (nSPS) is 12.2. The molecule has 6 heteroatoms. The fourth-order valence-electron chi connectivity index (χ4n) is 0.977. The number of nitrogens with two attached hydrogens (primary N) is 2. The van der Waals surface area contributed by atoms with Crippen molar-refractivity contribution >= 4 is 29.7 Å². The Kier molecular flexibility index (Phi) is 3.17. The van der Waals surface area contributed by atoms with Gasteiger partial charge in [0.2, 0.25) is 0 Å². The molecule has 4 nitrogen and oxygen atoms in total. The minimum Gasteiger partial charge on any atom is -0.411 e. The molecule has 0 spiro atoms. The summed E-state index contributed by atoms with van der Waals surface area (Å²) < 4.78 is 0. The Morgan fingerprint density at radius 3 is 2.54 bits per heavy atom. The van der Waals surface area contributed by atoms with Crippen LogP contribution in [-0.2, 0) is 11.8 Å². The second kappa shape index (κ2) is 3.98. The van der Waals surface area contributed by atoms with E-state index in [2.05, 4.69) is 5.16 Å². The molecule has 0 atom stereocenters. The summed E-state index contributed by atoms with van der Waals surface area (Å²) in [5.41, 5.74) is 12.0. The van der Waals surface area contributed by atoms with E-state index in [-0.39, 0.29) is 0 Å². The van der Waals surface area contributed by atoms with Crippen LogP contribution in [-0.4, -0.2) is 11.4 Å². The van der Waals surface area contributed by atoms with Crippen LogP contribution in [0.5, 0.6) is 0 Å². The first kappa shape index (κ1) is 10.3. The Labute approximate surface area is 81.4 Å². The van der Waals surface area contributed by atoms with Gasteiger partial charge in [-0.25, -0.2) is 0 Å². The van der Waals surface area contributed by atoms with Gasteiger partial charge >= 0.3 is 0 Å². The molecule has 0 fully saturated rings. The highest BCUT2D eigenvalue weighted by Gasteiger charge is 2.10. The maximum atomic E-state index is 8.38. The van der Waals surface area contributed by atoms with Crippen molar-refractivity contribution in [1.29, 1.82) is 0 Å². The van der Waals surface area contributed by atoms with Crippen molar-refractivity contribution in [1.82, 2.24) is 0 Å². The van der Waals surface area contributed by atoms with Gasteiger partial charge in [-0.05, 0) is 0 Å². The third kappa shape index (κ3) is 2.60. The predicted molar refractivity (Wildman–Crippen MR) is 58.1 cm³/mol. The Hall–Kier alpha value is -0.740. The van der Waals surface area contributed by atoms with Gasteiger partial charge in [-0.15, -0.1) is 0 Å². The van der Waals surface area contributed by atoms with Crippen molar-refractivity contribution in [2.45, 2.75) is 0 Å². The summed E-state index contributed by atoms with van der Waals surface area (Å²) in [6, 6.07) is 7.09. The third-order valence-electron chi connectivity index (χ3n) is 1.51. The number of hydrogen-bond acceptors (Lipinski definition) is 3. The lowest BCUT2D eigenvalue weighted by atomic mass is 10.2. The summed E-state index contributed by atoms with van der Waals surface area (Å²) in [6.07, 6.45) is -1.18. The van der Waals surface area contributed by atoms with E-state index in [0.29, 0.717) is 10.9 Å². The van der Waals surface area contributed by atoms with Gasteiger partial charge in [-0.3, -0.25) is 11.0 Å². The van der Waals surface area contributed by atoms with Crippen LogP contribution in [0, 0.1) is 0 Å². The molecule has 0 bridgehead atoms. The van der Waals surface area contributed by atoms with E-state index in [1.807, 2.05) is 0 Å². The summed E-state index contributed by atoms with van der Waals surface area (Å²) in [4.78, 5) is 0. The fraction of sp³-hybridized carbons (Fsp3) is 0. The number of nitrogens with zero attached hydrogens (tertiary/aromatic N) is 1. The van der Waals surface area contributed by atoms with E-state index >= 15 is 0 Å². The van der Waals surface area contributed by atoms with Crippen molar-refractivity contribution in [3.05, 3.63) is 29.8 Å². The molecular formula is C7H10N3OPS. The van der Waals surface area contributed by atoms with E-state index in [4.69, 9.17) is 28.0 Å². The molecule has 0 aliphatic carbocycles. The van der Waals surface area contributed by atoms with Gasteiger partial charge in [0.25, 0.3) is 0 Å². The van der Waals surface area contributed by atoms with Crippen LogP contribution in [0.2, 0.25) is 0 Å². The molecular weight excluding hydrogens is 205 g/mol. The van der Waals surface area contributed by atoms with Crippen molar-refractivity contribution in [3.8, 4) is 0 Å². The largest absolute Gasteiger partial charge is 0.411 e. The van der Waals surface area contributed by atoms with E-state index in [1.165, 1.54) is 6.21 Å². The number of rotatable bonds is 2. The highest BCUT2D eigenvalue weighted by molar-refractivity contribution is 8.16. The lowest BCUT2D eigenvalue weighted by molar-refractivity contribution is 0.322. The first-order valence-corrected chi connectivity index (χ1v) is 6.44. The standard InChI is InChI=1S/C7H10N3OPS/c8-12(9,13)7-4-2-1-3-6(7)5-10-11/h1-5,11H,(H4,8,9,13)/b10-5+. The molecule has 0 radical (unpaired) electrons. The number of oxime groups is 1. The van der Waals surface area contributed by atoms with Crippen LogP contribution in [0.25, 0.3) is 0 Å². The zero-order chi connectivity index (χ0) is 9.90. The van der Waals surface area contributed by atoms with Crippen LogP contribution in [0.1, 0.15) is 5.56 Å². The monoisotopic (exact) mass is 215 g/mol. The van der Waals surface area contributed by atoms with Crippen LogP contribution in [0.15, 0.2) is 29.4 Å². The first-order valence-electron chi connectivity index (χ1n) is 3.50. The molecule has 5 N–H and O–H groups in total. The molecule has 0 saturated heterocycles. The SMILES string of the molecule is NP(N)(=S)c1ccccc1/C=N/O. The molecule has 0 unspecified atom stereocenters. The smallest absolute Gasteiger partial charge is 0.0967 e. The minimum absolute atomic E-state index is 0.665. The van der Waals surface area contributed by atoms with Crippen molar-refractivity contribution < 1.29 is 5.21 Å². The summed E-state index contributed by atoms with van der Waals surface area (Å²) in [5, 5.41) is 12.0. The quantitative estimate of drug-likeness (QED) is 0.287. The Bertz CT molecular complexity index is 374. The number of benzene rings is 1. The predicted octanol–water partition coefficient (Wildman–Crippen LogP) is 0.347. The molecule has 0 aliphatic heterocycles. The third-order valence-corrected chi connectivity index (χ3v) is 3.26. The van der Waals surface area contributed by atoms with Crippen LogP contribution >= 0.6 is 6.34 Å². The minimum atomic E-state index is -2.45. The van der Waals surface area contributed by atoms with Gasteiger partial charge in [-0.1, -0.05) is 41.2 Å². The Morgan fingerprint density at radius 1 is 1.38 bits per heavy atom. The van der Waals surface area contributed by atoms with E-state index in [1.54, 1.807) is 24.3 Å². The second-order valence-corrected chi connectivity index (χ2v) is 6.23. The second-order valence-electron chi connectivity index (χ2n) is 2.51. The molecule has 1 aromatic rings. The molecule has 0 aliphatic rings. The van der Waals surface area contributed by atoms with Gasteiger partial charge in [0.05, 0.1) is 12.6 Å². The van der Waals surface area contributed by atoms with E-state index < -0.39 is 6.34 Å². The maximum absolute atomic E-state index is 8.38. The van der Waals surface area contributed by atoms with Crippen molar-refractivity contribution in [2.24, 2.45) is 16.2 Å². The topological polar surface area (TPSA) is 84.6 Å². The highest BCUT2D eigenvalue weighted by atomic mass is 32.4. The maximum Gasteiger partial charge on any atom is 0.0967 e. The molecule has 0 aromatic heterocycles. The van der Waals surface area contributed by atoms with Crippen LogP contribution in [0.4, 0.5) is 0 Å². The lowest BCUT2D eigenvalue weighted by Crippen LogP contribution is -2.21. The van der Waals surface area contributed by atoms with Gasteiger partial charge in [0.1, 0.15) is 0 Å². The van der Waals surface area contributed by atoms with Gasteiger partial charge in [0, 0.05) is 10.9 Å². The summed E-state index contributed by atoms with van der Waals surface area (Å²) in [6.45, 7) is 0. The zero-order valence-corrected chi connectivity index (χ0v) is 8.50. The molecule has 70 valence electrons. The summed E-state index contributed by atoms with van der Waals surface area (Å²) in [7, 11) is 0. The highest BCUT2D eigenvalue weighted by Crippen LogP contribution is 2.25. The van der Waals surface area contributed by atoms with Gasteiger partial charge in [0.15, 0.2) is 0 Å². The molecule has 0 saturated carbocycles. The summed E-state index contributed by atoms with van der Waals surface area (Å²) >= 11 is 4.98. The Morgan fingerprint density at radius 2 is 2.00 bits per heavy atom. The van der Waals surface area contributed by atoms with Crippen molar-refractivity contribution in [3.63, 3.8) is 0 Å².